The number of rotatable bonds is 8. The van der Waals surface area contributed by atoms with E-state index in [0.717, 1.165) is 32.8 Å². The van der Waals surface area contributed by atoms with Gasteiger partial charge in [-0.15, -0.1) is 0 Å². The van der Waals surface area contributed by atoms with Gasteiger partial charge in [0.05, 0.1) is 13.2 Å². The van der Waals surface area contributed by atoms with Gasteiger partial charge in [-0.2, -0.15) is 0 Å². The summed E-state index contributed by atoms with van der Waals surface area (Å²) in [6, 6.07) is 0. The van der Waals surface area contributed by atoms with Crippen LogP contribution in [-0.4, -0.2) is 52.0 Å². The molecule has 0 aromatic carbocycles. The first-order chi connectivity index (χ1) is 6.20. The molecule has 0 unspecified atom stereocenters. The zero-order valence-corrected chi connectivity index (χ0v) is 9.30. The molecule has 0 aliphatic carbocycles. The summed E-state index contributed by atoms with van der Waals surface area (Å²) in [7, 11) is 3.47. The molecule has 79 valence electrons. The second-order valence-electron chi connectivity index (χ2n) is 3.47. The van der Waals surface area contributed by atoms with E-state index < -0.39 is 0 Å². The van der Waals surface area contributed by atoms with Gasteiger partial charge < -0.3 is 9.47 Å². The van der Waals surface area contributed by atoms with E-state index in [2.05, 4.69) is 18.7 Å². The van der Waals surface area contributed by atoms with Crippen molar-refractivity contribution < 1.29 is 9.47 Å². The maximum absolute atomic E-state index is 5.04. The molecule has 0 fully saturated rings. The van der Waals surface area contributed by atoms with Gasteiger partial charge >= 0.3 is 0 Å². The Morgan fingerprint density at radius 3 is 1.77 bits per heavy atom. The molecule has 0 aromatic heterocycles. The van der Waals surface area contributed by atoms with Crippen LogP contribution in [0, 0.1) is 5.92 Å². The molecule has 0 aromatic rings. The topological polar surface area (TPSA) is 21.7 Å². The van der Waals surface area contributed by atoms with E-state index >= 15 is 0 Å². The van der Waals surface area contributed by atoms with Gasteiger partial charge in [0.25, 0.3) is 0 Å². The summed E-state index contributed by atoms with van der Waals surface area (Å²) in [6.45, 7) is 8.86. The third-order valence-corrected chi connectivity index (χ3v) is 1.76. The van der Waals surface area contributed by atoms with Gasteiger partial charge in [-0.1, -0.05) is 13.8 Å². The fourth-order valence-electron chi connectivity index (χ4n) is 1.16. The van der Waals surface area contributed by atoms with Crippen LogP contribution >= 0.6 is 0 Å². The lowest BCUT2D eigenvalue weighted by Gasteiger charge is -2.23. The highest BCUT2D eigenvalue weighted by molar-refractivity contribution is 4.81. The van der Waals surface area contributed by atoms with Crippen molar-refractivity contribution >= 4 is 0 Å². The van der Waals surface area contributed by atoms with Crippen molar-refractivity contribution in [3.05, 3.63) is 5.92 Å². The standard InChI is InChI=1S/C10H22NO2/c1-10(2)9-11(5-7-12-3)6-8-13-4/h5-9H2,1-4H3. The summed E-state index contributed by atoms with van der Waals surface area (Å²) in [6.07, 6.45) is 0. The minimum Gasteiger partial charge on any atom is -0.383 e. The van der Waals surface area contributed by atoms with Crippen molar-refractivity contribution in [1.82, 2.24) is 4.90 Å². The van der Waals surface area contributed by atoms with E-state index in [0.29, 0.717) is 0 Å². The van der Waals surface area contributed by atoms with Crippen LogP contribution in [0.1, 0.15) is 13.8 Å². The van der Waals surface area contributed by atoms with Crippen molar-refractivity contribution in [1.29, 1.82) is 0 Å². The minimum atomic E-state index is 0.789. The molecule has 3 nitrogen and oxygen atoms in total. The molecule has 0 atom stereocenters. The Morgan fingerprint density at radius 2 is 1.46 bits per heavy atom. The van der Waals surface area contributed by atoms with Crippen molar-refractivity contribution in [2.24, 2.45) is 0 Å². The van der Waals surface area contributed by atoms with Crippen LogP contribution in [-0.2, 0) is 9.47 Å². The Kier molecular flexibility index (Phi) is 8.40. The summed E-state index contributed by atoms with van der Waals surface area (Å²) in [5.41, 5.74) is 0. The van der Waals surface area contributed by atoms with Gasteiger partial charge in [0.15, 0.2) is 0 Å². The fraction of sp³-hybridized carbons (Fsp3) is 0.900. The van der Waals surface area contributed by atoms with Crippen LogP contribution in [0.15, 0.2) is 0 Å². The largest absolute Gasteiger partial charge is 0.383 e. The Labute approximate surface area is 82.0 Å². The summed E-state index contributed by atoms with van der Waals surface area (Å²) in [5, 5.41) is 0. The highest BCUT2D eigenvalue weighted by Crippen LogP contribution is 2.00. The Hall–Kier alpha value is -0.120. The highest BCUT2D eigenvalue weighted by atomic mass is 16.5. The lowest BCUT2D eigenvalue weighted by molar-refractivity contribution is 0.117. The van der Waals surface area contributed by atoms with Gasteiger partial charge in [0.2, 0.25) is 0 Å². The Bertz CT molecular complexity index is 99.1. The third-order valence-electron chi connectivity index (χ3n) is 1.76. The highest BCUT2D eigenvalue weighted by Gasteiger charge is 2.06. The first-order valence-corrected chi connectivity index (χ1v) is 4.70. The van der Waals surface area contributed by atoms with Crippen LogP contribution in [0.25, 0.3) is 0 Å². The van der Waals surface area contributed by atoms with Gasteiger partial charge in [-0.3, -0.25) is 4.90 Å². The van der Waals surface area contributed by atoms with E-state index in [1.165, 1.54) is 5.92 Å². The van der Waals surface area contributed by atoms with E-state index in [1.54, 1.807) is 14.2 Å². The zero-order chi connectivity index (χ0) is 10.1. The average Bonchev–Trinajstić information content (AvgIpc) is 2.09. The van der Waals surface area contributed by atoms with Crippen molar-refractivity contribution in [2.75, 3.05) is 47.1 Å². The zero-order valence-electron chi connectivity index (χ0n) is 9.30. The third kappa shape index (κ3) is 8.22. The SMILES string of the molecule is COCCN(CCOC)C[C](C)C. The molecule has 0 aliphatic heterocycles. The van der Waals surface area contributed by atoms with Crippen molar-refractivity contribution in [3.8, 4) is 0 Å². The molecule has 0 N–H and O–H groups in total. The maximum atomic E-state index is 5.04. The summed E-state index contributed by atoms with van der Waals surface area (Å²) in [5.74, 6) is 1.42. The predicted molar refractivity (Wildman–Crippen MR) is 54.8 cm³/mol. The predicted octanol–water partition coefficient (Wildman–Crippen LogP) is 1.20. The van der Waals surface area contributed by atoms with Crippen LogP contribution in [0.5, 0.6) is 0 Å². The smallest absolute Gasteiger partial charge is 0.0589 e. The van der Waals surface area contributed by atoms with E-state index in [9.17, 15) is 0 Å². The lowest BCUT2D eigenvalue weighted by atomic mass is 10.2. The second kappa shape index (κ2) is 8.48. The molecular formula is C10H22NO2. The number of nitrogens with zero attached hydrogens (tertiary/aromatic N) is 1. The summed E-state index contributed by atoms with van der Waals surface area (Å²) < 4.78 is 10.1. The summed E-state index contributed by atoms with van der Waals surface area (Å²) >= 11 is 0. The molecule has 0 heterocycles. The lowest BCUT2D eigenvalue weighted by Crippen LogP contribution is -2.33. The van der Waals surface area contributed by atoms with Gasteiger partial charge in [-0.05, 0) is 5.92 Å². The molecule has 0 rings (SSSR count). The molecule has 0 spiro atoms. The molecule has 0 amide bonds. The first kappa shape index (κ1) is 12.9. The first-order valence-electron chi connectivity index (χ1n) is 4.70. The molecule has 0 saturated carbocycles. The van der Waals surface area contributed by atoms with Gasteiger partial charge in [0, 0.05) is 33.9 Å². The molecule has 0 aliphatic rings. The molecule has 13 heavy (non-hydrogen) atoms. The van der Waals surface area contributed by atoms with Crippen molar-refractivity contribution in [3.63, 3.8) is 0 Å². The van der Waals surface area contributed by atoms with E-state index in [-0.39, 0.29) is 0 Å². The summed E-state index contributed by atoms with van der Waals surface area (Å²) in [4.78, 5) is 2.34. The molecule has 0 saturated heterocycles. The molecule has 0 bridgehead atoms. The minimum absolute atomic E-state index is 0.789. The number of methoxy groups -OCH3 is 2. The van der Waals surface area contributed by atoms with Gasteiger partial charge in [0.1, 0.15) is 0 Å². The average molecular weight is 188 g/mol. The molecule has 1 radical (unpaired) electrons. The molecule has 3 heteroatoms. The van der Waals surface area contributed by atoms with Crippen molar-refractivity contribution in [2.45, 2.75) is 13.8 Å². The normalized spacial score (nSPS) is 11.5. The quantitative estimate of drug-likeness (QED) is 0.571. The van der Waals surface area contributed by atoms with Crippen LogP contribution in [0.3, 0.4) is 0 Å². The Morgan fingerprint density at radius 1 is 1.00 bits per heavy atom. The van der Waals surface area contributed by atoms with Crippen LogP contribution in [0.2, 0.25) is 0 Å². The molecular weight excluding hydrogens is 166 g/mol. The maximum Gasteiger partial charge on any atom is 0.0589 e. The van der Waals surface area contributed by atoms with Crippen LogP contribution < -0.4 is 0 Å². The number of hydrogen-bond acceptors (Lipinski definition) is 3. The Balaban J connectivity index is 3.60. The van der Waals surface area contributed by atoms with E-state index in [1.807, 2.05) is 0 Å². The van der Waals surface area contributed by atoms with Gasteiger partial charge in [-0.25, -0.2) is 0 Å². The second-order valence-corrected chi connectivity index (χ2v) is 3.47. The monoisotopic (exact) mass is 188 g/mol. The number of ether oxygens (including phenoxy) is 2. The fourth-order valence-corrected chi connectivity index (χ4v) is 1.16. The van der Waals surface area contributed by atoms with E-state index in [4.69, 9.17) is 9.47 Å². The number of hydrogen-bond donors (Lipinski definition) is 0. The van der Waals surface area contributed by atoms with Crippen LogP contribution in [0.4, 0.5) is 0 Å².